The third-order valence-electron chi connectivity index (χ3n) is 4.30. The van der Waals surface area contributed by atoms with Crippen LogP contribution < -0.4 is 10.7 Å². The monoisotopic (exact) mass is 341 g/mol. The summed E-state index contributed by atoms with van der Waals surface area (Å²) >= 11 is 0. The van der Waals surface area contributed by atoms with Gasteiger partial charge in [0, 0.05) is 5.69 Å². The molecule has 7 nitrogen and oxygen atoms in total. The lowest BCUT2D eigenvalue weighted by atomic mass is 9.80. The number of carbonyl (C=O) groups excluding carboxylic acids is 3. The number of amides is 2. The number of hydrogen-bond donors (Lipinski definition) is 2. The Morgan fingerprint density at radius 1 is 1.12 bits per heavy atom. The number of nitrogens with zero attached hydrogens (tertiary/aromatic N) is 1. The van der Waals surface area contributed by atoms with Gasteiger partial charge in [-0.25, -0.2) is 5.43 Å². The predicted octanol–water partition coefficient (Wildman–Crippen LogP) is 1.77. The number of Topliss-reactive ketones (excluding diaryl/α,β-unsaturated/α-hetero) is 1. The quantitative estimate of drug-likeness (QED) is 0.497. The van der Waals surface area contributed by atoms with Gasteiger partial charge in [-0.15, -0.1) is 0 Å². The molecule has 0 radical (unpaired) electrons. The van der Waals surface area contributed by atoms with Crippen LogP contribution >= 0.6 is 0 Å². The molecule has 2 N–H and O–H groups in total. The molecule has 2 atom stereocenters. The Morgan fingerprint density at radius 2 is 1.88 bits per heavy atom. The van der Waals surface area contributed by atoms with Gasteiger partial charge in [0.1, 0.15) is 6.10 Å². The van der Waals surface area contributed by atoms with Gasteiger partial charge in [-0.1, -0.05) is 24.6 Å². The highest BCUT2D eigenvalue weighted by Gasteiger charge is 2.36. The third kappa shape index (κ3) is 4.12. The fourth-order valence-corrected chi connectivity index (χ4v) is 3.01. The molecule has 7 heteroatoms. The molecule has 0 spiro atoms. The summed E-state index contributed by atoms with van der Waals surface area (Å²) in [6.45, 7) is 0. The molecule has 2 unspecified atom stereocenters. The van der Waals surface area contributed by atoms with Crippen molar-refractivity contribution in [2.75, 3.05) is 5.32 Å². The first-order valence-electron chi connectivity index (χ1n) is 8.24. The molecule has 1 fully saturated rings. The summed E-state index contributed by atoms with van der Waals surface area (Å²) in [5, 5.41) is 6.14. The molecule has 3 rings (SSSR count). The molecule has 130 valence electrons. The summed E-state index contributed by atoms with van der Waals surface area (Å²) in [6, 6.07) is 8.61. The number of hydrogen-bond acceptors (Lipinski definition) is 5. The number of ether oxygens (including phenoxy) is 1. The van der Waals surface area contributed by atoms with Gasteiger partial charge in [-0.05, 0) is 31.4 Å². The molecule has 1 aromatic rings. The van der Waals surface area contributed by atoms with Crippen molar-refractivity contribution in [3.8, 4) is 0 Å². The highest BCUT2D eigenvalue weighted by atomic mass is 16.5. The van der Waals surface area contributed by atoms with Crippen molar-refractivity contribution in [3.63, 3.8) is 0 Å². The summed E-state index contributed by atoms with van der Waals surface area (Å²) in [6.07, 6.45) is 6.32. The molecular formula is C18H19N3O4. The summed E-state index contributed by atoms with van der Waals surface area (Å²) in [5.74, 6) is -1.92. The number of benzene rings is 1. The molecule has 2 aliphatic rings. The minimum Gasteiger partial charge on any atom is -0.496 e. The van der Waals surface area contributed by atoms with Crippen LogP contribution in [0.25, 0.3) is 0 Å². The summed E-state index contributed by atoms with van der Waals surface area (Å²) in [4.78, 5) is 35.8. The Labute approximate surface area is 145 Å². The molecule has 1 aliphatic heterocycles. The van der Waals surface area contributed by atoms with E-state index in [2.05, 4.69) is 15.8 Å². The van der Waals surface area contributed by atoms with Crippen LogP contribution in [0.3, 0.4) is 0 Å². The number of hydrazone groups is 1. The second-order valence-corrected chi connectivity index (χ2v) is 6.02. The van der Waals surface area contributed by atoms with E-state index in [1.807, 2.05) is 0 Å². The van der Waals surface area contributed by atoms with Crippen LogP contribution in [0.15, 0.2) is 47.3 Å². The van der Waals surface area contributed by atoms with E-state index in [0.717, 1.165) is 25.7 Å². The number of ketones is 1. The van der Waals surface area contributed by atoms with Gasteiger partial charge in [0.2, 0.25) is 0 Å². The molecule has 2 amide bonds. The van der Waals surface area contributed by atoms with Gasteiger partial charge < -0.3 is 10.1 Å². The van der Waals surface area contributed by atoms with E-state index in [1.54, 1.807) is 30.3 Å². The lowest BCUT2D eigenvalue weighted by Gasteiger charge is -2.33. The number of rotatable bonds is 3. The van der Waals surface area contributed by atoms with Crippen molar-refractivity contribution >= 4 is 29.5 Å². The largest absolute Gasteiger partial charge is 0.496 e. The van der Waals surface area contributed by atoms with Crippen molar-refractivity contribution in [1.82, 2.24) is 5.43 Å². The van der Waals surface area contributed by atoms with E-state index < -0.39 is 11.8 Å². The standard InChI is InChI=1S/C18H19N3O4/c22-16-12(11-25-15-9-5-4-8-14(15)16)10-19-21-18(24)17(23)20-13-6-2-1-3-7-13/h1-3,6-7,10-11,14-15H,4-5,8-9H2,(H,20,23)(H,21,24)/b19-10+. The van der Waals surface area contributed by atoms with Gasteiger partial charge in [-0.3, -0.25) is 14.4 Å². The zero-order valence-corrected chi connectivity index (χ0v) is 13.6. The smallest absolute Gasteiger partial charge is 0.329 e. The minimum atomic E-state index is -0.916. The minimum absolute atomic E-state index is 0.0253. The van der Waals surface area contributed by atoms with E-state index in [4.69, 9.17) is 4.74 Å². The van der Waals surface area contributed by atoms with Gasteiger partial charge in [0.15, 0.2) is 5.78 Å². The van der Waals surface area contributed by atoms with E-state index >= 15 is 0 Å². The molecule has 1 saturated carbocycles. The van der Waals surface area contributed by atoms with Crippen LogP contribution in [0.2, 0.25) is 0 Å². The maximum atomic E-state index is 12.4. The van der Waals surface area contributed by atoms with Crippen LogP contribution in [0.1, 0.15) is 25.7 Å². The van der Waals surface area contributed by atoms with E-state index in [9.17, 15) is 14.4 Å². The van der Waals surface area contributed by atoms with Crippen molar-refractivity contribution in [2.24, 2.45) is 11.0 Å². The topological polar surface area (TPSA) is 96.9 Å². The van der Waals surface area contributed by atoms with E-state index in [-0.39, 0.29) is 17.8 Å². The maximum Gasteiger partial charge on any atom is 0.329 e. The van der Waals surface area contributed by atoms with Gasteiger partial charge in [0.25, 0.3) is 0 Å². The van der Waals surface area contributed by atoms with Crippen LogP contribution in [-0.2, 0) is 19.1 Å². The second kappa shape index (κ2) is 7.74. The zero-order chi connectivity index (χ0) is 17.6. The van der Waals surface area contributed by atoms with Crippen molar-refractivity contribution < 1.29 is 19.1 Å². The predicted molar refractivity (Wildman–Crippen MR) is 91.6 cm³/mol. The van der Waals surface area contributed by atoms with Crippen LogP contribution in [0, 0.1) is 5.92 Å². The molecule has 1 aliphatic carbocycles. The number of nitrogens with one attached hydrogen (secondary N) is 2. The SMILES string of the molecule is O=C(N/N=C/C1=COC2CCCCC2C1=O)C(=O)Nc1ccccc1. The van der Waals surface area contributed by atoms with Crippen LogP contribution in [-0.4, -0.2) is 29.9 Å². The highest BCUT2D eigenvalue weighted by Crippen LogP contribution is 2.32. The number of anilines is 1. The van der Waals surface area contributed by atoms with Gasteiger partial charge in [-0.2, -0.15) is 5.10 Å². The molecule has 25 heavy (non-hydrogen) atoms. The Hall–Kier alpha value is -2.96. The summed E-state index contributed by atoms with van der Waals surface area (Å²) in [7, 11) is 0. The Kier molecular flexibility index (Phi) is 5.23. The van der Waals surface area contributed by atoms with E-state index in [0.29, 0.717) is 11.3 Å². The zero-order valence-electron chi connectivity index (χ0n) is 13.6. The first-order valence-corrected chi connectivity index (χ1v) is 8.24. The van der Waals surface area contributed by atoms with Gasteiger partial charge >= 0.3 is 11.8 Å². The third-order valence-corrected chi connectivity index (χ3v) is 4.30. The van der Waals surface area contributed by atoms with Crippen LogP contribution in [0.5, 0.6) is 0 Å². The Morgan fingerprint density at radius 3 is 2.68 bits per heavy atom. The molecule has 0 aromatic heterocycles. The fraction of sp³-hybridized carbons (Fsp3) is 0.333. The number of para-hydroxylation sites is 1. The average Bonchev–Trinajstić information content (AvgIpc) is 2.64. The highest BCUT2D eigenvalue weighted by molar-refractivity contribution is 6.39. The van der Waals surface area contributed by atoms with Crippen molar-refractivity contribution in [2.45, 2.75) is 31.8 Å². The van der Waals surface area contributed by atoms with Crippen LogP contribution in [0.4, 0.5) is 5.69 Å². The molecule has 1 aromatic carbocycles. The number of carbonyl (C=O) groups is 3. The maximum absolute atomic E-state index is 12.4. The van der Waals surface area contributed by atoms with Crippen molar-refractivity contribution in [1.29, 1.82) is 0 Å². The average molecular weight is 341 g/mol. The first kappa shape index (κ1) is 16.9. The van der Waals surface area contributed by atoms with Crippen molar-refractivity contribution in [3.05, 3.63) is 42.2 Å². The molecular weight excluding hydrogens is 322 g/mol. The molecule has 0 bridgehead atoms. The summed E-state index contributed by atoms with van der Waals surface area (Å²) < 4.78 is 5.58. The molecule has 1 heterocycles. The first-order chi connectivity index (χ1) is 12.1. The second-order valence-electron chi connectivity index (χ2n) is 6.02. The summed E-state index contributed by atoms with van der Waals surface area (Å²) in [5.41, 5.74) is 2.92. The Bertz CT molecular complexity index is 727. The molecule has 0 saturated heterocycles. The lowest BCUT2D eigenvalue weighted by Crippen LogP contribution is -2.37. The fourth-order valence-electron chi connectivity index (χ4n) is 3.01. The normalized spacial score (nSPS) is 22.6. The lowest BCUT2D eigenvalue weighted by molar-refractivity contribution is -0.136. The Balaban J connectivity index is 1.54. The number of fused-ring (bicyclic) bond motifs is 1. The van der Waals surface area contributed by atoms with E-state index in [1.165, 1.54) is 12.5 Å². The van der Waals surface area contributed by atoms with Gasteiger partial charge in [0.05, 0.1) is 24.0 Å². The number of allylic oxidation sites excluding steroid dienone is 1.